The normalized spacial score (nSPS) is 9.68. The highest BCUT2D eigenvalue weighted by atomic mass is 19.1. The van der Waals surface area contributed by atoms with E-state index in [0.29, 0.717) is 11.4 Å². The molecule has 2 N–H and O–H groups in total. The molecule has 0 aliphatic rings. The van der Waals surface area contributed by atoms with E-state index in [1.807, 2.05) is 0 Å². The summed E-state index contributed by atoms with van der Waals surface area (Å²) in [6, 6.07) is 8.77. The molecule has 0 atom stereocenters. The van der Waals surface area contributed by atoms with E-state index >= 15 is 0 Å². The zero-order chi connectivity index (χ0) is 13.8. The summed E-state index contributed by atoms with van der Waals surface area (Å²) in [5.41, 5.74) is 0.564. The Morgan fingerprint density at radius 2 is 2.16 bits per heavy atom. The average Bonchev–Trinajstić information content (AvgIpc) is 2.39. The van der Waals surface area contributed by atoms with Crippen LogP contribution in [-0.4, -0.2) is 16.1 Å². The topological polar surface area (TPSA) is 86.0 Å². The highest BCUT2D eigenvalue weighted by molar-refractivity contribution is 5.85. The number of nitrogens with zero attached hydrogens (tertiary/aromatic N) is 2. The number of anilines is 2. The van der Waals surface area contributed by atoms with E-state index in [9.17, 15) is 9.18 Å². The summed E-state index contributed by atoms with van der Waals surface area (Å²) in [6.07, 6.45) is 1.30. The van der Waals surface area contributed by atoms with Crippen LogP contribution in [0.5, 0.6) is 0 Å². The Bertz CT molecular complexity index is 663. The lowest BCUT2D eigenvalue weighted by Gasteiger charge is -2.08. The summed E-state index contributed by atoms with van der Waals surface area (Å²) in [5.74, 6) is -1.75. The zero-order valence-corrected chi connectivity index (χ0v) is 9.59. The standard InChI is InChI=1S/C13H8FN3O2/c14-10-2-1-3-11(9(10)6-15)17-8-4-5-12(13(18)19)16-7-8/h1-5,7,17H,(H,18,19). The van der Waals surface area contributed by atoms with Gasteiger partial charge >= 0.3 is 5.97 Å². The van der Waals surface area contributed by atoms with Crippen LogP contribution in [-0.2, 0) is 0 Å². The second-order valence-electron chi connectivity index (χ2n) is 3.64. The van der Waals surface area contributed by atoms with E-state index in [1.165, 1.54) is 30.5 Å². The number of aromatic carboxylic acids is 1. The molecule has 0 unspecified atom stereocenters. The van der Waals surface area contributed by atoms with Gasteiger partial charge in [0.15, 0.2) is 0 Å². The molecule has 1 aromatic heterocycles. The number of carbonyl (C=O) groups is 1. The van der Waals surface area contributed by atoms with Gasteiger partial charge in [-0.3, -0.25) is 0 Å². The van der Waals surface area contributed by atoms with Crippen LogP contribution in [0.2, 0.25) is 0 Å². The van der Waals surface area contributed by atoms with Crippen LogP contribution in [0, 0.1) is 17.1 Å². The third-order valence-electron chi connectivity index (χ3n) is 2.39. The Morgan fingerprint density at radius 1 is 1.37 bits per heavy atom. The highest BCUT2D eigenvalue weighted by Gasteiger charge is 2.08. The van der Waals surface area contributed by atoms with Crippen molar-refractivity contribution >= 4 is 17.3 Å². The van der Waals surface area contributed by atoms with Gasteiger partial charge < -0.3 is 10.4 Å². The predicted molar refractivity (Wildman–Crippen MR) is 65.6 cm³/mol. The van der Waals surface area contributed by atoms with Crippen LogP contribution in [0.1, 0.15) is 16.1 Å². The van der Waals surface area contributed by atoms with Crippen LogP contribution in [0.25, 0.3) is 0 Å². The monoisotopic (exact) mass is 257 g/mol. The Labute approximate surface area is 108 Å². The predicted octanol–water partition coefficient (Wildman–Crippen LogP) is 2.53. The van der Waals surface area contributed by atoms with Crippen molar-refractivity contribution in [1.82, 2.24) is 4.98 Å². The molecule has 0 spiro atoms. The molecule has 94 valence electrons. The summed E-state index contributed by atoms with van der Waals surface area (Å²) in [4.78, 5) is 14.4. The number of nitriles is 1. The van der Waals surface area contributed by atoms with Crippen molar-refractivity contribution in [2.45, 2.75) is 0 Å². The Balaban J connectivity index is 2.29. The van der Waals surface area contributed by atoms with Gasteiger partial charge in [-0.1, -0.05) is 6.07 Å². The van der Waals surface area contributed by atoms with E-state index < -0.39 is 11.8 Å². The summed E-state index contributed by atoms with van der Waals surface area (Å²) in [6.45, 7) is 0. The lowest BCUT2D eigenvalue weighted by atomic mass is 10.2. The SMILES string of the molecule is N#Cc1c(F)cccc1Nc1ccc(C(=O)O)nc1. The number of carboxylic acids is 1. The molecule has 0 amide bonds. The Kier molecular flexibility index (Phi) is 3.39. The minimum absolute atomic E-state index is 0.0923. The van der Waals surface area contributed by atoms with Crippen molar-refractivity contribution in [2.24, 2.45) is 0 Å². The van der Waals surface area contributed by atoms with Gasteiger partial charge in [-0.15, -0.1) is 0 Å². The fourth-order valence-electron chi connectivity index (χ4n) is 1.49. The number of rotatable bonds is 3. The summed E-state index contributed by atoms with van der Waals surface area (Å²) < 4.78 is 13.4. The maximum Gasteiger partial charge on any atom is 0.354 e. The second kappa shape index (κ2) is 5.14. The van der Waals surface area contributed by atoms with Gasteiger partial charge in [0, 0.05) is 0 Å². The van der Waals surface area contributed by atoms with Gasteiger partial charge in [0.25, 0.3) is 0 Å². The van der Waals surface area contributed by atoms with Crippen LogP contribution >= 0.6 is 0 Å². The Morgan fingerprint density at radius 3 is 2.74 bits per heavy atom. The number of hydrogen-bond donors (Lipinski definition) is 2. The molecule has 0 saturated heterocycles. The number of halogens is 1. The van der Waals surface area contributed by atoms with E-state index in [0.717, 1.165) is 0 Å². The molecule has 19 heavy (non-hydrogen) atoms. The quantitative estimate of drug-likeness (QED) is 0.882. The first-order valence-corrected chi connectivity index (χ1v) is 5.27. The average molecular weight is 257 g/mol. The number of aromatic nitrogens is 1. The molecule has 0 fully saturated rings. The smallest absolute Gasteiger partial charge is 0.354 e. The largest absolute Gasteiger partial charge is 0.477 e. The first-order valence-electron chi connectivity index (χ1n) is 5.27. The molecule has 2 aromatic rings. The molecule has 0 aliphatic heterocycles. The lowest BCUT2D eigenvalue weighted by molar-refractivity contribution is 0.0690. The maximum absolute atomic E-state index is 13.4. The minimum Gasteiger partial charge on any atom is -0.477 e. The van der Waals surface area contributed by atoms with E-state index in [2.05, 4.69) is 10.3 Å². The number of nitrogens with one attached hydrogen (secondary N) is 1. The first kappa shape index (κ1) is 12.5. The highest BCUT2D eigenvalue weighted by Crippen LogP contribution is 2.22. The van der Waals surface area contributed by atoms with E-state index in [1.54, 1.807) is 12.1 Å². The zero-order valence-electron chi connectivity index (χ0n) is 9.59. The Hall–Kier alpha value is -2.94. The maximum atomic E-state index is 13.4. The van der Waals surface area contributed by atoms with Gasteiger partial charge in [-0.2, -0.15) is 5.26 Å². The molecule has 1 aromatic carbocycles. The van der Waals surface area contributed by atoms with Gasteiger partial charge in [-0.25, -0.2) is 14.2 Å². The van der Waals surface area contributed by atoms with Crippen LogP contribution in [0.15, 0.2) is 36.5 Å². The van der Waals surface area contributed by atoms with Gasteiger partial charge in [0.2, 0.25) is 0 Å². The molecular formula is C13H8FN3O2. The molecule has 0 radical (unpaired) electrons. The van der Waals surface area contributed by atoms with Crippen LogP contribution in [0.4, 0.5) is 15.8 Å². The lowest BCUT2D eigenvalue weighted by Crippen LogP contribution is -2.01. The number of hydrogen-bond acceptors (Lipinski definition) is 4. The number of benzene rings is 1. The number of carboxylic acid groups (broad SMARTS) is 1. The van der Waals surface area contributed by atoms with Crippen LogP contribution in [0.3, 0.4) is 0 Å². The van der Waals surface area contributed by atoms with Crippen molar-refractivity contribution in [3.05, 3.63) is 53.6 Å². The van der Waals surface area contributed by atoms with E-state index in [-0.39, 0.29) is 11.3 Å². The van der Waals surface area contributed by atoms with Gasteiger partial charge in [-0.05, 0) is 24.3 Å². The van der Waals surface area contributed by atoms with Gasteiger partial charge in [0.05, 0.1) is 17.6 Å². The molecule has 0 saturated carbocycles. The molecular weight excluding hydrogens is 249 g/mol. The first-order chi connectivity index (χ1) is 9.11. The molecule has 0 aliphatic carbocycles. The number of pyridine rings is 1. The van der Waals surface area contributed by atoms with Crippen molar-refractivity contribution in [1.29, 1.82) is 5.26 Å². The molecule has 6 heteroatoms. The molecule has 1 heterocycles. The van der Waals surface area contributed by atoms with Crippen molar-refractivity contribution in [3.63, 3.8) is 0 Å². The third kappa shape index (κ3) is 2.66. The second-order valence-corrected chi connectivity index (χ2v) is 3.64. The molecule has 0 bridgehead atoms. The van der Waals surface area contributed by atoms with Crippen molar-refractivity contribution < 1.29 is 14.3 Å². The summed E-state index contributed by atoms with van der Waals surface area (Å²) >= 11 is 0. The van der Waals surface area contributed by atoms with Gasteiger partial charge in [0.1, 0.15) is 23.1 Å². The fraction of sp³-hybridized carbons (Fsp3) is 0. The van der Waals surface area contributed by atoms with Crippen molar-refractivity contribution in [3.8, 4) is 6.07 Å². The summed E-state index contributed by atoms with van der Waals surface area (Å²) in [7, 11) is 0. The fourth-order valence-corrected chi connectivity index (χ4v) is 1.49. The van der Waals surface area contributed by atoms with Crippen molar-refractivity contribution in [2.75, 3.05) is 5.32 Å². The molecule has 2 rings (SSSR count). The molecule has 5 nitrogen and oxygen atoms in total. The third-order valence-corrected chi connectivity index (χ3v) is 2.39. The minimum atomic E-state index is -1.13. The van der Waals surface area contributed by atoms with Crippen LogP contribution < -0.4 is 5.32 Å². The summed E-state index contributed by atoms with van der Waals surface area (Å²) in [5, 5.41) is 20.4. The van der Waals surface area contributed by atoms with E-state index in [4.69, 9.17) is 10.4 Å².